The molecule has 0 fully saturated rings. The van der Waals surface area contributed by atoms with Gasteiger partial charge in [0.15, 0.2) is 0 Å². The number of nitrogens with one attached hydrogen (secondary N) is 1. The largest absolute Gasteiger partial charge is 0.478 e. The van der Waals surface area contributed by atoms with Crippen LogP contribution in [0.1, 0.15) is 15.9 Å². The number of hydrazone groups is 1. The van der Waals surface area contributed by atoms with Crippen molar-refractivity contribution >= 4 is 63.0 Å². The van der Waals surface area contributed by atoms with E-state index < -0.39 is 34.7 Å². The van der Waals surface area contributed by atoms with Gasteiger partial charge >= 0.3 is 11.9 Å². The Bertz CT molecular complexity index is 1260. The van der Waals surface area contributed by atoms with Crippen molar-refractivity contribution in [3.05, 3.63) is 73.1 Å². The smallest absolute Gasteiger partial charge is 0.352 e. The summed E-state index contributed by atoms with van der Waals surface area (Å²) in [5.74, 6) is -2.75. The number of hydrogen-bond acceptors (Lipinski definition) is 8. The second-order valence-electron chi connectivity index (χ2n) is 6.22. The molecule has 3 aromatic rings. The van der Waals surface area contributed by atoms with Crippen LogP contribution < -0.4 is 5.43 Å². The minimum absolute atomic E-state index is 0.00131. The Kier molecular flexibility index (Phi) is 7.03. The molecule has 1 aromatic heterocycles. The number of carboxylic acids is 2. The van der Waals surface area contributed by atoms with Crippen LogP contribution in [0.5, 0.6) is 0 Å². The van der Waals surface area contributed by atoms with Crippen molar-refractivity contribution in [1.29, 1.82) is 0 Å². The van der Waals surface area contributed by atoms with Crippen LogP contribution in [0.4, 0.5) is 10.8 Å². The normalized spacial score (nSPS) is 11.2. The Hall–Kier alpha value is -3.54. The molecule has 3 N–H and O–H groups in total. The van der Waals surface area contributed by atoms with Gasteiger partial charge in [-0.25, -0.2) is 14.6 Å². The topological polar surface area (TPSA) is 155 Å². The molecular formula is C19H12Cl2N4O6S. The number of carboxylic acid groups (broad SMARTS) is 2. The van der Waals surface area contributed by atoms with E-state index in [1.165, 1.54) is 6.07 Å². The lowest BCUT2D eigenvalue weighted by molar-refractivity contribution is -0.385. The molecule has 0 atom stereocenters. The zero-order chi connectivity index (χ0) is 23.4. The molecule has 0 aliphatic carbocycles. The Morgan fingerprint density at radius 1 is 1.16 bits per heavy atom. The van der Waals surface area contributed by atoms with Gasteiger partial charge in [0, 0.05) is 29.0 Å². The van der Waals surface area contributed by atoms with Crippen molar-refractivity contribution in [3.8, 4) is 11.3 Å². The first-order valence-corrected chi connectivity index (χ1v) is 10.3. The number of nitro groups is 1. The zero-order valence-corrected chi connectivity index (χ0v) is 18.1. The van der Waals surface area contributed by atoms with Crippen LogP contribution in [0.3, 0.4) is 0 Å². The molecule has 0 unspecified atom stereocenters. The molecule has 32 heavy (non-hydrogen) atoms. The summed E-state index contributed by atoms with van der Waals surface area (Å²) in [6.07, 6.45) is -0.413. The van der Waals surface area contributed by atoms with Crippen LogP contribution in [0.25, 0.3) is 11.3 Å². The van der Waals surface area contributed by atoms with Crippen molar-refractivity contribution in [2.45, 2.75) is 6.42 Å². The minimum Gasteiger partial charge on any atom is -0.478 e. The van der Waals surface area contributed by atoms with Crippen molar-refractivity contribution < 1.29 is 24.7 Å². The summed E-state index contributed by atoms with van der Waals surface area (Å²) in [5.41, 5.74) is 2.55. The van der Waals surface area contributed by atoms with E-state index in [0.29, 0.717) is 21.3 Å². The van der Waals surface area contributed by atoms with Gasteiger partial charge in [0.25, 0.3) is 5.69 Å². The van der Waals surface area contributed by atoms with Crippen molar-refractivity contribution in [2.75, 3.05) is 5.43 Å². The second kappa shape index (κ2) is 9.73. The highest BCUT2D eigenvalue weighted by Crippen LogP contribution is 2.30. The number of anilines is 1. The summed E-state index contributed by atoms with van der Waals surface area (Å²) in [4.78, 5) is 37.5. The summed E-state index contributed by atoms with van der Waals surface area (Å²) >= 11 is 13.1. The first-order chi connectivity index (χ1) is 15.2. The van der Waals surface area contributed by atoms with Gasteiger partial charge in [-0.1, -0.05) is 35.3 Å². The molecule has 13 heteroatoms. The summed E-state index contributed by atoms with van der Waals surface area (Å²) in [6, 6.07) is 8.19. The average molecular weight is 495 g/mol. The number of carbonyl (C=O) groups is 2. The highest BCUT2D eigenvalue weighted by Gasteiger charge is 2.21. The molecule has 3 rings (SSSR count). The van der Waals surface area contributed by atoms with E-state index in [2.05, 4.69) is 15.5 Å². The third kappa shape index (κ3) is 5.38. The fraction of sp³-hybridized carbons (Fsp3) is 0.0526. The van der Waals surface area contributed by atoms with Crippen molar-refractivity contribution in [2.24, 2.45) is 5.10 Å². The zero-order valence-electron chi connectivity index (χ0n) is 15.8. The first-order valence-electron chi connectivity index (χ1n) is 8.63. The Morgan fingerprint density at radius 3 is 2.53 bits per heavy atom. The number of benzene rings is 2. The Morgan fingerprint density at radius 2 is 1.91 bits per heavy atom. The molecule has 0 saturated heterocycles. The fourth-order valence-corrected chi connectivity index (χ4v) is 3.55. The fourth-order valence-electron chi connectivity index (χ4n) is 2.59. The number of halogens is 2. The third-order valence-corrected chi connectivity index (χ3v) is 5.63. The molecule has 0 radical (unpaired) electrons. The van der Waals surface area contributed by atoms with Gasteiger partial charge < -0.3 is 10.2 Å². The van der Waals surface area contributed by atoms with E-state index in [1.807, 2.05) is 0 Å². The maximum atomic E-state index is 11.6. The summed E-state index contributed by atoms with van der Waals surface area (Å²) in [5, 5.41) is 36.3. The van der Waals surface area contributed by atoms with Crippen LogP contribution in [0, 0.1) is 10.1 Å². The van der Waals surface area contributed by atoms with Gasteiger partial charge in [-0.05, 0) is 18.2 Å². The Labute approximate surface area is 193 Å². The van der Waals surface area contributed by atoms with Gasteiger partial charge in [-0.2, -0.15) is 5.10 Å². The summed E-state index contributed by atoms with van der Waals surface area (Å²) < 4.78 is 0. The Balaban J connectivity index is 1.83. The second-order valence-corrected chi connectivity index (χ2v) is 7.90. The molecule has 10 nitrogen and oxygen atoms in total. The summed E-state index contributed by atoms with van der Waals surface area (Å²) in [7, 11) is 0. The van der Waals surface area contributed by atoms with Gasteiger partial charge in [-0.3, -0.25) is 15.5 Å². The maximum absolute atomic E-state index is 11.6. The van der Waals surface area contributed by atoms with Gasteiger partial charge in [-0.15, -0.1) is 11.3 Å². The monoisotopic (exact) mass is 494 g/mol. The van der Waals surface area contributed by atoms with Crippen LogP contribution in [-0.2, 0) is 11.2 Å². The quantitative estimate of drug-likeness (QED) is 0.228. The predicted octanol–water partition coefficient (Wildman–Crippen LogP) is 4.82. The molecule has 0 amide bonds. The lowest BCUT2D eigenvalue weighted by Crippen LogP contribution is -2.18. The number of aromatic nitrogens is 1. The lowest BCUT2D eigenvalue weighted by atomic mass is 10.0. The number of rotatable bonds is 8. The molecule has 0 aliphatic rings. The SMILES string of the molecule is O=C(O)/C(Cc1ccc(C(=O)O)cc1[N+](=O)[O-])=N/Nc1nc(-c2ccc(Cl)c(Cl)c2)cs1. The molecule has 164 valence electrons. The summed E-state index contributed by atoms with van der Waals surface area (Å²) in [6.45, 7) is 0. The predicted molar refractivity (Wildman–Crippen MR) is 120 cm³/mol. The van der Waals surface area contributed by atoms with E-state index in [0.717, 1.165) is 23.5 Å². The number of hydrogen-bond donors (Lipinski definition) is 3. The molecule has 0 bridgehead atoms. The average Bonchev–Trinajstić information content (AvgIpc) is 3.21. The number of thiazole rings is 1. The van der Waals surface area contributed by atoms with E-state index in [4.69, 9.17) is 28.3 Å². The van der Waals surface area contributed by atoms with Crippen molar-refractivity contribution in [3.63, 3.8) is 0 Å². The number of aliphatic carboxylic acids is 1. The van der Waals surface area contributed by atoms with Crippen LogP contribution in [0.2, 0.25) is 10.0 Å². The van der Waals surface area contributed by atoms with Crippen LogP contribution in [0.15, 0.2) is 46.9 Å². The van der Waals surface area contributed by atoms with Gasteiger partial charge in [0.05, 0.1) is 26.2 Å². The molecular weight excluding hydrogens is 483 g/mol. The first kappa shape index (κ1) is 23.1. The van der Waals surface area contributed by atoms with E-state index in [1.54, 1.807) is 23.6 Å². The van der Waals surface area contributed by atoms with Gasteiger partial charge in [0.2, 0.25) is 5.13 Å². The third-order valence-electron chi connectivity index (χ3n) is 4.14. The number of aromatic carboxylic acids is 1. The highest BCUT2D eigenvalue weighted by atomic mass is 35.5. The lowest BCUT2D eigenvalue weighted by Gasteiger charge is -2.05. The number of nitrogens with zero attached hydrogens (tertiary/aromatic N) is 3. The van der Waals surface area contributed by atoms with E-state index >= 15 is 0 Å². The highest BCUT2D eigenvalue weighted by molar-refractivity contribution is 7.14. The molecule has 0 spiro atoms. The standard InChI is InChI=1S/C19H12Cl2N4O6S/c20-12-4-3-9(5-13(12)21)15-8-32-19(22-15)24-23-14(18(28)29)6-10-1-2-11(17(26)27)7-16(10)25(30)31/h1-5,7-8H,6H2,(H,22,24)(H,26,27)(H,28,29)/b23-14+. The minimum atomic E-state index is -1.41. The van der Waals surface area contributed by atoms with E-state index in [9.17, 15) is 24.8 Å². The van der Waals surface area contributed by atoms with Crippen LogP contribution >= 0.6 is 34.5 Å². The van der Waals surface area contributed by atoms with Crippen molar-refractivity contribution in [1.82, 2.24) is 4.98 Å². The molecule has 2 aromatic carbocycles. The molecule has 0 aliphatic heterocycles. The molecule has 1 heterocycles. The number of nitro benzene ring substituents is 1. The molecule has 0 saturated carbocycles. The van der Waals surface area contributed by atoms with Gasteiger partial charge in [0.1, 0.15) is 5.71 Å². The van der Waals surface area contributed by atoms with E-state index in [-0.39, 0.29) is 16.3 Å². The maximum Gasteiger partial charge on any atom is 0.352 e. The van der Waals surface area contributed by atoms with Crippen LogP contribution in [-0.4, -0.2) is 37.8 Å².